The molecule has 0 aromatic heterocycles. The molecule has 2 rings (SSSR count). The molecule has 1 fully saturated rings. The van der Waals surface area contributed by atoms with Crippen LogP contribution in [0.1, 0.15) is 47.9 Å². The second kappa shape index (κ2) is 7.79. The first-order valence-corrected chi connectivity index (χ1v) is 7.69. The van der Waals surface area contributed by atoms with Crippen molar-refractivity contribution in [3.63, 3.8) is 0 Å². The van der Waals surface area contributed by atoms with E-state index >= 15 is 0 Å². The Morgan fingerprint density at radius 3 is 2.26 bits per heavy atom. The monoisotopic (exact) mass is 339 g/mol. The Labute approximate surface area is 144 Å². The number of nitrogens with two attached hydrogens (primary N) is 1. The molecule has 2 amide bonds. The van der Waals surface area contributed by atoms with Crippen molar-refractivity contribution >= 4 is 24.2 Å². The van der Waals surface area contributed by atoms with Crippen molar-refractivity contribution in [3.05, 3.63) is 35.4 Å². The summed E-state index contributed by atoms with van der Waals surface area (Å²) in [6, 6.07) is 6.88. The zero-order valence-electron chi connectivity index (χ0n) is 14.0. The molecule has 0 saturated carbocycles. The van der Waals surface area contributed by atoms with Gasteiger partial charge in [0.25, 0.3) is 11.8 Å². The Bertz CT molecular complexity index is 552. The first-order valence-electron chi connectivity index (χ1n) is 7.69. The van der Waals surface area contributed by atoms with Crippen molar-refractivity contribution in [1.29, 1.82) is 0 Å². The highest BCUT2D eigenvalue weighted by molar-refractivity contribution is 5.97. The topological polar surface area (TPSA) is 75.4 Å². The molecule has 1 heterocycles. The summed E-state index contributed by atoms with van der Waals surface area (Å²) >= 11 is 0. The number of carbonyl (C=O) groups is 2. The fourth-order valence-electron chi connectivity index (χ4n) is 2.37. The van der Waals surface area contributed by atoms with Gasteiger partial charge in [0.05, 0.1) is 0 Å². The number of nitrogens with zero attached hydrogens (tertiary/aromatic N) is 1. The van der Waals surface area contributed by atoms with Gasteiger partial charge in [-0.05, 0) is 36.1 Å². The van der Waals surface area contributed by atoms with Gasteiger partial charge in [0.15, 0.2) is 0 Å². The van der Waals surface area contributed by atoms with Crippen LogP contribution in [0, 0.1) is 5.41 Å². The van der Waals surface area contributed by atoms with E-state index in [1.54, 1.807) is 29.2 Å². The fraction of sp³-hybridized carbons (Fsp3) is 0.529. The first kappa shape index (κ1) is 19.5. The molecule has 0 unspecified atom stereocenters. The highest BCUT2D eigenvalue weighted by Gasteiger charge is 2.24. The van der Waals surface area contributed by atoms with Crippen molar-refractivity contribution in [1.82, 2.24) is 10.2 Å². The second-order valence-electron chi connectivity index (χ2n) is 7.12. The molecule has 1 saturated heterocycles. The van der Waals surface area contributed by atoms with Gasteiger partial charge in [-0.3, -0.25) is 9.59 Å². The number of hydrogen-bond acceptors (Lipinski definition) is 3. The van der Waals surface area contributed by atoms with E-state index in [1.165, 1.54) is 0 Å². The van der Waals surface area contributed by atoms with Crippen LogP contribution in [0.2, 0.25) is 0 Å². The Hall–Kier alpha value is -1.59. The second-order valence-corrected chi connectivity index (χ2v) is 7.12. The van der Waals surface area contributed by atoms with E-state index in [0.29, 0.717) is 30.8 Å². The summed E-state index contributed by atoms with van der Waals surface area (Å²) in [5, 5.41) is 2.90. The summed E-state index contributed by atoms with van der Waals surface area (Å²) < 4.78 is 0. The quantitative estimate of drug-likeness (QED) is 0.885. The lowest BCUT2D eigenvalue weighted by molar-refractivity contribution is 0.0790. The number of rotatable bonds is 3. The van der Waals surface area contributed by atoms with Crippen LogP contribution >= 0.6 is 12.4 Å². The third-order valence-electron chi connectivity index (χ3n) is 3.69. The normalized spacial score (nSPS) is 17.6. The van der Waals surface area contributed by atoms with E-state index in [9.17, 15) is 9.59 Å². The van der Waals surface area contributed by atoms with Gasteiger partial charge in [0, 0.05) is 36.8 Å². The summed E-state index contributed by atoms with van der Waals surface area (Å²) in [6.07, 6.45) is 0.846. The van der Waals surface area contributed by atoms with E-state index in [1.807, 2.05) is 0 Å². The lowest BCUT2D eigenvalue weighted by Crippen LogP contribution is -2.33. The average Bonchev–Trinajstić information content (AvgIpc) is 2.90. The van der Waals surface area contributed by atoms with E-state index in [2.05, 4.69) is 26.1 Å². The van der Waals surface area contributed by atoms with Crippen molar-refractivity contribution in [2.75, 3.05) is 19.6 Å². The molecule has 1 aliphatic heterocycles. The van der Waals surface area contributed by atoms with Crippen LogP contribution in [0.3, 0.4) is 0 Å². The summed E-state index contributed by atoms with van der Waals surface area (Å²) in [6.45, 7) is 8.11. The third-order valence-corrected chi connectivity index (χ3v) is 3.69. The highest BCUT2D eigenvalue weighted by Crippen LogP contribution is 2.14. The van der Waals surface area contributed by atoms with Crippen molar-refractivity contribution in [2.24, 2.45) is 11.1 Å². The minimum atomic E-state index is -0.114. The molecule has 0 bridgehead atoms. The number of carbonyl (C=O) groups excluding carboxylic acids is 2. The van der Waals surface area contributed by atoms with E-state index in [0.717, 1.165) is 6.42 Å². The maximum Gasteiger partial charge on any atom is 0.253 e. The van der Waals surface area contributed by atoms with Crippen LogP contribution in [0.15, 0.2) is 24.3 Å². The largest absolute Gasteiger partial charge is 0.352 e. The van der Waals surface area contributed by atoms with Crippen molar-refractivity contribution < 1.29 is 9.59 Å². The summed E-state index contributed by atoms with van der Waals surface area (Å²) in [5.74, 6) is -0.133. The van der Waals surface area contributed by atoms with Gasteiger partial charge < -0.3 is 16.0 Å². The molecule has 0 aliphatic carbocycles. The maximum atomic E-state index is 12.3. The van der Waals surface area contributed by atoms with Gasteiger partial charge in [-0.25, -0.2) is 0 Å². The molecule has 0 spiro atoms. The van der Waals surface area contributed by atoms with Gasteiger partial charge in [0.1, 0.15) is 0 Å². The Kier molecular flexibility index (Phi) is 6.59. The molecule has 6 heteroatoms. The highest BCUT2D eigenvalue weighted by atomic mass is 35.5. The van der Waals surface area contributed by atoms with Gasteiger partial charge in [0.2, 0.25) is 0 Å². The van der Waals surface area contributed by atoms with Crippen LogP contribution in [0.25, 0.3) is 0 Å². The Balaban J connectivity index is 0.00000264. The van der Waals surface area contributed by atoms with Gasteiger partial charge in [-0.1, -0.05) is 20.8 Å². The summed E-state index contributed by atoms with van der Waals surface area (Å²) in [4.78, 5) is 26.1. The first-order chi connectivity index (χ1) is 10.3. The summed E-state index contributed by atoms with van der Waals surface area (Å²) in [5.41, 5.74) is 7.04. The van der Waals surface area contributed by atoms with Crippen LogP contribution < -0.4 is 11.1 Å². The maximum absolute atomic E-state index is 12.3. The lowest BCUT2D eigenvalue weighted by Gasteiger charge is -2.19. The third kappa shape index (κ3) is 5.52. The molecular weight excluding hydrogens is 314 g/mol. The molecule has 5 nitrogen and oxygen atoms in total. The molecule has 0 radical (unpaired) electrons. The molecule has 23 heavy (non-hydrogen) atoms. The van der Waals surface area contributed by atoms with Gasteiger partial charge >= 0.3 is 0 Å². The number of benzene rings is 1. The van der Waals surface area contributed by atoms with E-state index < -0.39 is 0 Å². The zero-order chi connectivity index (χ0) is 16.3. The Morgan fingerprint density at radius 1 is 1.22 bits per heavy atom. The number of amides is 2. The Morgan fingerprint density at radius 2 is 1.78 bits per heavy atom. The number of likely N-dealkylation sites (tertiary alicyclic amines) is 1. The molecule has 1 aliphatic rings. The van der Waals surface area contributed by atoms with Crippen LogP contribution in [-0.2, 0) is 0 Å². The smallest absolute Gasteiger partial charge is 0.253 e. The van der Waals surface area contributed by atoms with E-state index in [-0.39, 0.29) is 35.7 Å². The zero-order valence-corrected chi connectivity index (χ0v) is 14.8. The van der Waals surface area contributed by atoms with Crippen molar-refractivity contribution in [2.45, 2.75) is 33.2 Å². The minimum absolute atomic E-state index is 0. The predicted molar refractivity (Wildman–Crippen MR) is 94.0 cm³/mol. The number of halogens is 1. The molecule has 1 aromatic carbocycles. The van der Waals surface area contributed by atoms with Crippen LogP contribution in [0.5, 0.6) is 0 Å². The van der Waals surface area contributed by atoms with Crippen LogP contribution in [-0.4, -0.2) is 42.4 Å². The molecular formula is C17H26ClN3O2. The lowest BCUT2D eigenvalue weighted by atomic mass is 9.97. The van der Waals surface area contributed by atoms with Crippen molar-refractivity contribution in [3.8, 4) is 0 Å². The van der Waals surface area contributed by atoms with Crippen LogP contribution in [0.4, 0.5) is 0 Å². The van der Waals surface area contributed by atoms with Gasteiger partial charge in [-0.2, -0.15) is 0 Å². The predicted octanol–water partition coefficient (Wildman–Crippen LogP) is 2.06. The van der Waals surface area contributed by atoms with Gasteiger partial charge in [-0.15, -0.1) is 12.4 Å². The fourth-order valence-corrected chi connectivity index (χ4v) is 2.37. The molecule has 1 atom stereocenters. The SMILES string of the molecule is CC(C)(C)CNC(=O)c1ccc(C(=O)N2CC[C@@H](N)C2)cc1.Cl. The minimum Gasteiger partial charge on any atom is -0.352 e. The number of nitrogens with one attached hydrogen (secondary N) is 1. The summed E-state index contributed by atoms with van der Waals surface area (Å²) in [7, 11) is 0. The molecule has 3 N–H and O–H groups in total. The molecule has 1 aromatic rings. The number of hydrogen-bond donors (Lipinski definition) is 2. The molecule has 128 valence electrons. The van der Waals surface area contributed by atoms with E-state index in [4.69, 9.17) is 5.73 Å². The standard InChI is InChI=1S/C17H25N3O2.ClH/c1-17(2,3)11-19-15(21)12-4-6-13(7-5-12)16(22)20-9-8-14(18)10-20;/h4-7,14H,8-11,18H2,1-3H3,(H,19,21);1H/t14-;/m1./s1. The average molecular weight is 340 g/mol.